The Balaban J connectivity index is -0.000000162. The maximum absolute atomic E-state index is 10.7. The number of hydrogen-bond donors (Lipinski definition) is 1. The third-order valence-corrected chi connectivity index (χ3v) is 3.31. The quantitative estimate of drug-likeness (QED) is 0.247. The van der Waals surface area contributed by atoms with Gasteiger partial charge < -0.3 is 24.9 Å². The number of rotatable bonds is 14. The van der Waals surface area contributed by atoms with Crippen molar-refractivity contribution in [3.05, 3.63) is 0 Å². The Morgan fingerprint density at radius 2 is 0.964 bits per heavy atom. The zero-order valence-electron chi connectivity index (χ0n) is 17.6. The molecule has 28 heavy (non-hydrogen) atoms. The predicted octanol–water partition coefficient (Wildman–Crippen LogP) is 1.33. The van der Waals surface area contributed by atoms with Gasteiger partial charge in [-0.05, 0) is 19.3 Å². The van der Waals surface area contributed by atoms with E-state index in [1.165, 1.54) is 0 Å². The molecule has 0 bridgehead atoms. The summed E-state index contributed by atoms with van der Waals surface area (Å²) in [6.45, 7) is 6.46. The number of aliphatic carboxylic acids is 2. The molecule has 1 N–H and O–H groups in total. The van der Waals surface area contributed by atoms with Crippen molar-refractivity contribution in [1.29, 1.82) is 0 Å². The maximum atomic E-state index is 10.7. The molecule has 0 unspecified atom stereocenters. The van der Waals surface area contributed by atoms with Crippen LogP contribution in [0.2, 0.25) is 0 Å². The number of hydrogen-bond acceptors (Lipinski definition) is 7. The summed E-state index contributed by atoms with van der Waals surface area (Å²) in [6, 6.07) is 0. The number of unbranched alkanes of at least 4 members (excludes halogenated alkanes) is 5. The third kappa shape index (κ3) is 39.9. The Labute approximate surface area is 184 Å². The van der Waals surface area contributed by atoms with E-state index < -0.39 is 24.8 Å². The van der Waals surface area contributed by atoms with E-state index in [2.05, 4.69) is 6.92 Å². The van der Waals surface area contributed by atoms with Gasteiger partial charge in [0.2, 0.25) is 0 Å². The number of aliphatic hydroxyl groups is 1. The van der Waals surface area contributed by atoms with Crippen LogP contribution >= 0.6 is 0 Å². The first kappa shape index (κ1) is 34.5. The number of ketones is 2. The van der Waals surface area contributed by atoms with Gasteiger partial charge in [0.05, 0.1) is 0 Å². The summed E-state index contributed by atoms with van der Waals surface area (Å²) in [5.41, 5.74) is 0. The molecule has 0 fully saturated rings. The molecule has 0 spiro atoms. The van der Waals surface area contributed by atoms with E-state index in [1.54, 1.807) is 0 Å². The average molecular weight is 436 g/mol. The fourth-order valence-electron chi connectivity index (χ4n) is 1.80. The van der Waals surface area contributed by atoms with Crippen molar-refractivity contribution in [2.45, 2.75) is 97.8 Å². The third-order valence-electron chi connectivity index (χ3n) is 3.31. The molecule has 0 radical (unpaired) electrons. The van der Waals surface area contributed by atoms with E-state index in [1.807, 2.05) is 13.8 Å². The van der Waals surface area contributed by atoms with Crippen molar-refractivity contribution in [2.24, 2.45) is 0 Å². The van der Waals surface area contributed by atoms with Crippen LogP contribution < -0.4 is 10.2 Å². The first-order valence-electron chi connectivity index (χ1n) is 9.78. The molecular weight excluding hydrogens is 400 g/mol. The summed E-state index contributed by atoms with van der Waals surface area (Å²) in [5.74, 6) is -2.99. The number of carboxylic acid groups (broad SMARTS) is 2. The number of Topliss-reactive ketones (excluding diaryl/α,β-unsaturated/α-hetero) is 2. The van der Waals surface area contributed by atoms with Crippen LogP contribution in [-0.4, -0.2) is 35.2 Å². The molecule has 0 atom stereocenters. The summed E-state index contributed by atoms with van der Waals surface area (Å²) >= 11 is 0. The van der Waals surface area contributed by atoms with E-state index in [-0.39, 0.29) is 33.3 Å². The summed E-state index contributed by atoms with van der Waals surface area (Å²) in [6.07, 6.45) is 7.58. The van der Waals surface area contributed by atoms with Crippen LogP contribution in [0, 0.1) is 0 Å². The molecular formula is C20H36O7Ti. The van der Waals surface area contributed by atoms with Gasteiger partial charge in [0.25, 0.3) is 0 Å². The van der Waals surface area contributed by atoms with Crippen molar-refractivity contribution < 1.29 is 56.2 Å². The Morgan fingerprint density at radius 1 is 0.643 bits per heavy atom. The van der Waals surface area contributed by atoms with Gasteiger partial charge in [-0.1, -0.05) is 52.9 Å². The Bertz CT molecular complexity index is 362. The Kier molecular flexibility index (Phi) is 34.7. The molecule has 0 rings (SSSR count). The van der Waals surface area contributed by atoms with Crippen molar-refractivity contribution >= 4 is 23.5 Å². The van der Waals surface area contributed by atoms with E-state index >= 15 is 0 Å². The van der Waals surface area contributed by atoms with Gasteiger partial charge in [-0.3, -0.25) is 9.59 Å². The topological polar surface area (TPSA) is 135 Å². The van der Waals surface area contributed by atoms with E-state index in [0.29, 0.717) is 19.4 Å². The minimum atomic E-state index is -1.27. The van der Waals surface area contributed by atoms with Gasteiger partial charge in [-0.2, -0.15) is 0 Å². The second kappa shape index (κ2) is 28.2. The van der Waals surface area contributed by atoms with Crippen molar-refractivity contribution in [1.82, 2.24) is 0 Å². The molecule has 0 amide bonds. The molecule has 0 aliphatic carbocycles. The number of carbonyl (C=O) groups is 4. The molecule has 162 valence electrons. The van der Waals surface area contributed by atoms with E-state index in [9.17, 15) is 29.4 Å². The monoisotopic (exact) mass is 436 g/mol. The molecule has 0 aromatic rings. The van der Waals surface area contributed by atoms with Gasteiger partial charge in [-0.15, -0.1) is 0 Å². The van der Waals surface area contributed by atoms with E-state index in [4.69, 9.17) is 5.11 Å². The van der Waals surface area contributed by atoms with Gasteiger partial charge in [-0.25, -0.2) is 0 Å². The number of carboxylic acids is 2. The van der Waals surface area contributed by atoms with Crippen LogP contribution in [0.4, 0.5) is 0 Å². The van der Waals surface area contributed by atoms with Crippen LogP contribution in [0.3, 0.4) is 0 Å². The zero-order valence-corrected chi connectivity index (χ0v) is 19.2. The second-order valence-corrected chi connectivity index (χ2v) is 6.17. The number of aliphatic hydroxyl groups excluding tert-OH is 1. The Morgan fingerprint density at radius 3 is 1.14 bits per heavy atom. The van der Waals surface area contributed by atoms with Gasteiger partial charge in [0.15, 0.2) is 0 Å². The van der Waals surface area contributed by atoms with E-state index in [0.717, 1.165) is 51.4 Å². The number of carbonyl (C=O) groups excluding carboxylic acids is 4. The normalized spacial score (nSPS) is 9.00. The first-order valence-corrected chi connectivity index (χ1v) is 9.78. The smallest absolute Gasteiger partial charge is 0.550 e. The standard InChI is InChI=1S/2C8H14O3.C4H10O.Ti/c2*1-2-3-4-5-7(9)6-8(10)11;1-2-3-4-5;/h2*2-6H2,1H3,(H,10,11);5H,2-4H2,1H3;/q;;;+2/p-2. The molecule has 0 aromatic carbocycles. The minimum Gasteiger partial charge on any atom is -0.550 e. The zero-order chi connectivity index (χ0) is 21.5. The Hall–Kier alpha value is -1.05. The first-order chi connectivity index (χ1) is 12.7. The molecule has 0 saturated carbocycles. The molecule has 0 aromatic heterocycles. The molecule has 0 aliphatic heterocycles. The summed E-state index contributed by atoms with van der Waals surface area (Å²) in [4.78, 5) is 41.2. The van der Waals surface area contributed by atoms with Crippen molar-refractivity contribution in [2.75, 3.05) is 6.61 Å². The second-order valence-electron chi connectivity index (χ2n) is 6.17. The maximum Gasteiger partial charge on any atom is 2.00 e. The van der Waals surface area contributed by atoms with Crippen LogP contribution in [0.25, 0.3) is 0 Å². The predicted molar refractivity (Wildman–Crippen MR) is 99.5 cm³/mol. The fourth-order valence-corrected chi connectivity index (χ4v) is 1.80. The molecule has 0 aliphatic rings. The van der Waals surface area contributed by atoms with Crippen molar-refractivity contribution in [3.63, 3.8) is 0 Å². The van der Waals surface area contributed by atoms with Gasteiger partial charge in [0.1, 0.15) is 11.6 Å². The van der Waals surface area contributed by atoms with Crippen LogP contribution in [-0.2, 0) is 40.9 Å². The van der Waals surface area contributed by atoms with Crippen molar-refractivity contribution in [3.8, 4) is 0 Å². The summed E-state index contributed by atoms with van der Waals surface area (Å²) < 4.78 is 0. The van der Waals surface area contributed by atoms with Gasteiger partial charge in [0, 0.05) is 44.2 Å². The van der Waals surface area contributed by atoms with Gasteiger partial charge >= 0.3 is 21.7 Å². The summed E-state index contributed by atoms with van der Waals surface area (Å²) in [5, 5.41) is 27.9. The molecule has 7 nitrogen and oxygen atoms in total. The molecule has 8 heteroatoms. The van der Waals surface area contributed by atoms with Crippen LogP contribution in [0.5, 0.6) is 0 Å². The van der Waals surface area contributed by atoms with Crippen LogP contribution in [0.15, 0.2) is 0 Å². The van der Waals surface area contributed by atoms with Crippen LogP contribution in [0.1, 0.15) is 97.8 Å². The summed E-state index contributed by atoms with van der Waals surface area (Å²) in [7, 11) is 0. The SMILES string of the molecule is CCCCCC(=O)CC(=O)[O-].CCCCCC(=O)CC(=O)[O-].CCCCO.[Ti+2]. The minimum absolute atomic E-state index is 0. The molecule has 0 heterocycles. The largest absolute Gasteiger partial charge is 2.00 e. The average Bonchev–Trinajstić information content (AvgIpc) is 2.56. The fraction of sp³-hybridized carbons (Fsp3) is 0.800. The molecule has 0 saturated heterocycles.